The van der Waals surface area contributed by atoms with Gasteiger partial charge < -0.3 is 14.0 Å². The maximum atomic E-state index is 12.6. The molecule has 0 saturated carbocycles. The van der Waals surface area contributed by atoms with E-state index in [1.165, 1.54) is 0 Å². The van der Waals surface area contributed by atoms with Gasteiger partial charge in [0.25, 0.3) is 5.56 Å². The standard InChI is InChI=1S/C18H19Cl2N3O/c1-21(2)9-10-22-8-6-17-14(18(22)24)5-7-23(17)12-13-3-4-15(19)16(20)11-13/h3-8,11H,9-10,12H2,1-2H3. The van der Waals surface area contributed by atoms with E-state index >= 15 is 0 Å². The predicted molar refractivity (Wildman–Crippen MR) is 100 cm³/mol. The smallest absolute Gasteiger partial charge is 0.260 e. The van der Waals surface area contributed by atoms with Crippen molar-refractivity contribution in [2.24, 2.45) is 0 Å². The molecule has 2 aromatic heterocycles. The third-order valence-electron chi connectivity index (χ3n) is 4.04. The molecule has 0 radical (unpaired) electrons. The number of likely N-dealkylation sites (N-methyl/N-ethyl adjacent to an activating group) is 1. The van der Waals surface area contributed by atoms with Gasteiger partial charge in [-0.3, -0.25) is 4.79 Å². The van der Waals surface area contributed by atoms with Gasteiger partial charge in [0.05, 0.1) is 20.9 Å². The van der Waals surface area contributed by atoms with E-state index in [0.717, 1.165) is 23.0 Å². The van der Waals surface area contributed by atoms with Gasteiger partial charge in [-0.2, -0.15) is 0 Å². The van der Waals surface area contributed by atoms with E-state index in [4.69, 9.17) is 23.2 Å². The van der Waals surface area contributed by atoms with Crippen molar-refractivity contribution in [1.29, 1.82) is 0 Å². The molecule has 3 rings (SSSR count). The Kier molecular flexibility index (Phi) is 4.99. The molecule has 3 aromatic rings. The molecule has 0 atom stereocenters. The molecule has 0 saturated heterocycles. The molecule has 6 heteroatoms. The summed E-state index contributed by atoms with van der Waals surface area (Å²) in [5.74, 6) is 0. The van der Waals surface area contributed by atoms with E-state index in [1.807, 2.05) is 55.3 Å². The van der Waals surface area contributed by atoms with Crippen molar-refractivity contribution < 1.29 is 0 Å². The highest BCUT2D eigenvalue weighted by atomic mass is 35.5. The van der Waals surface area contributed by atoms with Crippen molar-refractivity contribution in [2.45, 2.75) is 13.1 Å². The Hall–Kier alpha value is -1.75. The monoisotopic (exact) mass is 363 g/mol. The summed E-state index contributed by atoms with van der Waals surface area (Å²) in [5, 5.41) is 1.81. The zero-order valence-corrected chi connectivity index (χ0v) is 15.2. The Labute approximate surface area is 150 Å². The van der Waals surface area contributed by atoms with Gasteiger partial charge in [-0.05, 0) is 43.9 Å². The highest BCUT2D eigenvalue weighted by molar-refractivity contribution is 6.42. The highest BCUT2D eigenvalue weighted by Gasteiger charge is 2.08. The molecule has 2 heterocycles. The number of aromatic nitrogens is 2. The second-order valence-electron chi connectivity index (χ2n) is 6.11. The Bertz CT molecular complexity index is 928. The van der Waals surface area contributed by atoms with Crippen LogP contribution >= 0.6 is 23.2 Å². The Balaban J connectivity index is 1.92. The molecule has 0 aliphatic rings. The van der Waals surface area contributed by atoms with Crippen LogP contribution in [0.5, 0.6) is 0 Å². The van der Waals surface area contributed by atoms with Crippen LogP contribution in [0, 0.1) is 0 Å². The number of hydrogen-bond acceptors (Lipinski definition) is 2. The number of pyridine rings is 1. The fourth-order valence-electron chi connectivity index (χ4n) is 2.69. The first-order chi connectivity index (χ1) is 11.5. The first kappa shape index (κ1) is 17.1. The minimum absolute atomic E-state index is 0.0437. The molecule has 24 heavy (non-hydrogen) atoms. The summed E-state index contributed by atoms with van der Waals surface area (Å²) in [5.41, 5.74) is 2.01. The summed E-state index contributed by atoms with van der Waals surface area (Å²) in [6.45, 7) is 2.15. The zero-order chi connectivity index (χ0) is 17.3. The quantitative estimate of drug-likeness (QED) is 0.691. The van der Waals surface area contributed by atoms with Gasteiger partial charge in [-0.15, -0.1) is 0 Å². The maximum absolute atomic E-state index is 12.6. The van der Waals surface area contributed by atoms with Crippen LogP contribution in [0.3, 0.4) is 0 Å². The van der Waals surface area contributed by atoms with Crippen LogP contribution in [0.4, 0.5) is 0 Å². The number of benzene rings is 1. The van der Waals surface area contributed by atoms with Crippen molar-refractivity contribution in [3.63, 3.8) is 0 Å². The average Bonchev–Trinajstić information content (AvgIpc) is 2.94. The molecule has 4 nitrogen and oxygen atoms in total. The van der Waals surface area contributed by atoms with Gasteiger partial charge in [0.2, 0.25) is 0 Å². The highest BCUT2D eigenvalue weighted by Crippen LogP contribution is 2.23. The SMILES string of the molecule is CN(C)CCn1ccc2c(ccn2Cc2ccc(Cl)c(Cl)c2)c1=O. The third-order valence-corrected chi connectivity index (χ3v) is 4.77. The molecule has 126 valence electrons. The van der Waals surface area contributed by atoms with E-state index in [0.29, 0.717) is 23.1 Å². The predicted octanol–water partition coefficient (Wildman–Crippen LogP) is 3.72. The van der Waals surface area contributed by atoms with Gasteiger partial charge in [-0.25, -0.2) is 0 Å². The number of nitrogens with zero attached hydrogens (tertiary/aromatic N) is 3. The molecule has 0 amide bonds. The van der Waals surface area contributed by atoms with Crippen LogP contribution < -0.4 is 5.56 Å². The van der Waals surface area contributed by atoms with E-state index in [-0.39, 0.29) is 5.56 Å². The van der Waals surface area contributed by atoms with Crippen LogP contribution in [0.25, 0.3) is 10.9 Å². The zero-order valence-electron chi connectivity index (χ0n) is 13.7. The summed E-state index contributed by atoms with van der Waals surface area (Å²) in [6.07, 6.45) is 3.80. The summed E-state index contributed by atoms with van der Waals surface area (Å²) in [7, 11) is 3.99. The number of hydrogen-bond donors (Lipinski definition) is 0. The lowest BCUT2D eigenvalue weighted by atomic mass is 10.2. The Morgan fingerprint density at radius 3 is 2.46 bits per heavy atom. The molecule has 0 N–H and O–H groups in total. The molecule has 0 aliphatic carbocycles. The number of halogens is 2. The fraction of sp³-hybridized carbons (Fsp3) is 0.278. The number of fused-ring (bicyclic) bond motifs is 1. The second-order valence-corrected chi connectivity index (χ2v) is 6.92. The topological polar surface area (TPSA) is 30.2 Å². The third kappa shape index (κ3) is 3.51. The van der Waals surface area contributed by atoms with Crippen LogP contribution in [0.1, 0.15) is 5.56 Å². The molecule has 0 fully saturated rings. The van der Waals surface area contributed by atoms with Gasteiger partial charge >= 0.3 is 0 Å². The molecule has 0 spiro atoms. The fourth-order valence-corrected chi connectivity index (χ4v) is 3.01. The van der Waals surface area contributed by atoms with Crippen molar-refractivity contribution >= 4 is 34.1 Å². The van der Waals surface area contributed by atoms with Gasteiger partial charge in [-0.1, -0.05) is 29.3 Å². The first-order valence-corrected chi connectivity index (χ1v) is 8.48. The second kappa shape index (κ2) is 7.01. The lowest BCUT2D eigenvalue weighted by molar-refractivity contribution is 0.381. The van der Waals surface area contributed by atoms with Gasteiger partial charge in [0.1, 0.15) is 0 Å². The Morgan fingerprint density at radius 1 is 1.00 bits per heavy atom. The van der Waals surface area contributed by atoms with Gasteiger partial charge in [0, 0.05) is 32.0 Å². The molecular weight excluding hydrogens is 345 g/mol. The van der Waals surface area contributed by atoms with Crippen molar-refractivity contribution in [3.8, 4) is 0 Å². The van der Waals surface area contributed by atoms with Gasteiger partial charge in [0.15, 0.2) is 0 Å². The van der Waals surface area contributed by atoms with E-state index in [2.05, 4.69) is 4.90 Å². The van der Waals surface area contributed by atoms with E-state index in [1.54, 1.807) is 10.6 Å². The number of rotatable bonds is 5. The van der Waals surface area contributed by atoms with Crippen molar-refractivity contribution in [2.75, 3.05) is 20.6 Å². The minimum atomic E-state index is 0.0437. The summed E-state index contributed by atoms with van der Waals surface area (Å²) in [4.78, 5) is 14.7. The maximum Gasteiger partial charge on any atom is 0.260 e. The first-order valence-electron chi connectivity index (χ1n) is 7.72. The minimum Gasteiger partial charge on any atom is -0.343 e. The van der Waals surface area contributed by atoms with Crippen molar-refractivity contribution in [3.05, 3.63) is 68.7 Å². The molecular formula is C18H19Cl2N3O. The Morgan fingerprint density at radius 2 is 1.75 bits per heavy atom. The van der Waals surface area contributed by atoms with Crippen LogP contribution in [0.15, 0.2) is 47.5 Å². The normalized spacial score (nSPS) is 11.5. The van der Waals surface area contributed by atoms with Crippen LogP contribution in [-0.2, 0) is 13.1 Å². The van der Waals surface area contributed by atoms with E-state index < -0.39 is 0 Å². The van der Waals surface area contributed by atoms with E-state index in [9.17, 15) is 4.79 Å². The molecule has 0 aliphatic heterocycles. The summed E-state index contributed by atoms with van der Waals surface area (Å²) >= 11 is 12.0. The largest absolute Gasteiger partial charge is 0.343 e. The molecule has 0 unspecified atom stereocenters. The lowest BCUT2D eigenvalue weighted by Crippen LogP contribution is -2.26. The molecule has 0 bridgehead atoms. The van der Waals surface area contributed by atoms with Crippen LogP contribution in [0.2, 0.25) is 10.0 Å². The summed E-state index contributed by atoms with van der Waals surface area (Å²) in [6, 6.07) is 9.46. The lowest BCUT2D eigenvalue weighted by Gasteiger charge is -2.12. The van der Waals surface area contributed by atoms with Crippen LogP contribution in [-0.4, -0.2) is 34.7 Å². The molecule has 1 aromatic carbocycles. The average molecular weight is 364 g/mol. The van der Waals surface area contributed by atoms with Crippen molar-refractivity contribution in [1.82, 2.24) is 14.0 Å². The summed E-state index contributed by atoms with van der Waals surface area (Å²) < 4.78 is 3.80.